The number of nitrogens with zero attached hydrogens (tertiary/aromatic N) is 4. The monoisotopic (exact) mass is 970 g/mol. The van der Waals surface area contributed by atoms with Gasteiger partial charge in [-0.3, -0.25) is 0 Å². The molecule has 0 fully saturated rings. The molecule has 0 saturated heterocycles. The number of para-hydroxylation sites is 4. The Labute approximate surface area is 429 Å². The summed E-state index contributed by atoms with van der Waals surface area (Å²) in [4.78, 5) is 0. The van der Waals surface area contributed by atoms with Crippen LogP contribution in [0.4, 0.5) is 0 Å². The van der Waals surface area contributed by atoms with Crippen molar-refractivity contribution < 1.29 is 17.7 Å². The molecule has 0 N–H and O–H groups in total. The van der Waals surface area contributed by atoms with Crippen LogP contribution in [-0.2, 0) is 0 Å². The summed E-state index contributed by atoms with van der Waals surface area (Å²) < 4.78 is 30.7. The summed E-state index contributed by atoms with van der Waals surface area (Å²) in [7, 11) is 0. The minimum absolute atomic E-state index is 0.354. The van der Waals surface area contributed by atoms with Crippen LogP contribution in [0.1, 0.15) is 11.1 Å². The zero-order valence-corrected chi connectivity index (χ0v) is 40.1. The zero-order valence-electron chi connectivity index (χ0n) is 40.1. The van der Waals surface area contributed by atoms with E-state index in [1.165, 1.54) is 0 Å². The summed E-state index contributed by atoms with van der Waals surface area (Å²) in [6.07, 6.45) is 0. The Bertz CT molecular complexity index is 5190. The SMILES string of the molecule is N#Cc1cc(C#N)c(-n2c3ccc(-c4ccc5c(c4)oc4ccccc45)cc3c3c4oc5ccccc5c4ccc32)cc1-n1c2ccc(-c3ccc4c(c3)oc3ccccc34)cc2c2c3oc4ccccc4c3ccc21. The van der Waals surface area contributed by atoms with E-state index in [2.05, 4.69) is 143 Å². The molecule has 0 amide bonds. The van der Waals surface area contributed by atoms with Crippen molar-refractivity contribution in [2.45, 2.75) is 0 Å². The first-order valence-corrected chi connectivity index (χ1v) is 25.2. The van der Waals surface area contributed by atoms with Crippen LogP contribution < -0.4 is 0 Å². The molecule has 350 valence electrons. The van der Waals surface area contributed by atoms with Crippen molar-refractivity contribution in [1.82, 2.24) is 9.13 Å². The van der Waals surface area contributed by atoms with Gasteiger partial charge in [-0.25, -0.2) is 0 Å². The number of rotatable bonds is 4. The fraction of sp³-hybridized carbons (Fsp3) is 0. The van der Waals surface area contributed by atoms with Crippen LogP contribution in [0.25, 0.3) is 165 Å². The second-order valence-electron chi connectivity index (χ2n) is 19.7. The summed E-state index contributed by atoms with van der Waals surface area (Å²) in [6, 6.07) is 75.4. The third-order valence-electron chi connectivity index (χ3n) is 15.8. The van der Waals surface area contributed by atoms with E-state index in [1.54, 1.807) is 6.07 Å². The molecule has 0 atom stereocenters. The highest BCUT2D eigenvalue weighted by Gasteiger charge is 2.26. The third kappa shape index (κ3) is 5.48. The maximum atomic E-state index is 11.2. The first-order valence-electron chi connectivity index (χ1n) is 25.2. The first kappa shape index (κ1) is 40.8. The lowest BCUT2D eigenvalue weighted by Gasteiger charge is -2.16. The highest BCUT2D eigenvalue weighted by atomic mass is 16.3. The van der Waals surface area contributed by atoms with Gasteiger partial charge in [-0.2, -0.15) is 10.5 Å². The Kier molecular flexibility index (Phi) is 7.99. The van der Waals surface area contributed by atoms with Crippen molar-refractivity contribution >= 4 is 131 Å². The van der Waals surface area contributed by atoms with Gasteiger partial charge in [0.25, 0.3) is 0 Å². The number of benzene rings is 11. The van der Waals surface area contributed by atoms with Crippen LogP contribution in [0.2, 0.25) is 0 Å². The van der Waals surface area contributed by atoms with E-state index in [1.807, 2.05) is 78.9 Å². The van der Waals surface area contributed by atoms with Crippen LogP contribution in [0.15, 0.2) is 224 Å². The number of fused-ring (bicyclic) bond motifs is 20. The molecule has 0 unspecified atom stereocenters. The Morgan fingerprint density at radius 3 is 1.05 bits per heavy atom. The average molecular weight is 971 g/mol. The predicted molar refractivity (Wildman–Crippen MR) is 305 cm³/mol. The second kappa shape index (κ2) is 14.9. The number of nitriles is 2. The third-order valence-corrected chi connectivity index (χ3v) is 15.8. The Morgan fingerprint density at radius 2 is 0.618 bits per heavy atom. The molecular formula is C68H34N4O4. The Hall–Kier alpha value is -10.8. The van der Waals surface area contributed by atoms with Crippen molar-refractivity contribution in [1.29, 1.82) is 10.5 Å². The summed E-state index contributed by atoms with van der Waals surface area (Å²) in [5.41, 5.74) is 15.9. The number of furan rings is 4. The topological polar surface area (TPSA) is 110 Å². The molecule has 17 aromatic rings. The molecule has 76 heavy (non-hydrogen) atoms. The largest absolute Gasteiger partial charge is 0.456 e. The maximum absolute atomic E-state index is 11.2. The molecule has 0 radical (unpaired) electrons. The number of hydrogen-bond acceptors (Lipinski definition) is 6. The van der Waals surface area contributed by atoms with E-state index >= 15 is 0 Å². The van der Waals surface area contributed by atoms with E-state index in [-0.39, 0.29) is 0 Å². The predicted octanol–water partition coefficient (Wildman–Crippen LogP) is 18.6. The molecule has 11 aromatic carbocycles. The van der Waals surface area contributed by atoms with Crippen molar-refractivity contribution in [3.63, 3.8) is 0 Å². The lowest BCUT2D eigenvalue weighted by Crippen LogP contribution is -2.04. The molecule has 6 aromatic heterocycles. The van der Waals surface area contributed by atoms with Crippen molar-refractivity contribution in [3.05, 3.63) is 217 Å². The van der Waals surface area contributed by atoms with E-state index < -0.39 is 0 Å². The van der Waals surface area contributed by atoms with Gasteiger partial charge >= 0.3 is 0 Å². The van der Waals surface area contributed by atoms with Gasteiger partial charge in [0.15, 0.2) is 0 Å². The summed E-state index contributed by atoms with van der Waals surface area (Å²) in [5.74, 6) is 0. The molecule has 8 nitrogen and oxygen atoms in total. The quantitative estimate of drug-likeness (QED) is 0.174. The van der Waals surface area contributed by atoms with Gasteiger partial charge < -0.3 is 26.8 Å². The molecule has 0 bridgehead atoms. The van der Waals surface area contributed by atoms with E-state index in [0.717, 1.165) is 154 Å². The van der Waals surface area contributed by atoms with E-state index in [9.17, 15) is 10.5 Å². The Balaban J connectivity index is 0.930. The molecule has 8 heteroatoms. The summed E-state index contributed by atoms with van der Waals surface area (Å²) in [6.45, 7) is 0. The average Bonchev–Trinajstić information content (AvgIpc) is 4.42. The van der Waals surface area contributed by atoms with Gasteiger partial charge in [-0.1, -0.05) is 97.1 Å². The minimum atomic E-state index is 0.354. The molecule has 0 aliphatic carbocycles. The fourth-order valence-corrected chi connectivity index (χ4v) is 12.4. The van der Waals surface area contributed by atoms with Crippen molar-refractivity contribution in [2.75, 3.05) is 0 Å². The van der Waals surface area contributed by atoms with Gasteiger partial charge in [-0.15, -0.1) is 0 Å². The molecular weight excluding hydrogens is 937 g/mol. The normalized spacial score (nSPS) is 12.2. The molecule has 0 saturated carbocycles. The molecule has 0 spiro atoms. The van der Waals surface area contributed by atoms with Gasteiger partial charge in [0, 0.05) is 53.9 Å². The van der Waals surface area contributed by atoms with Crippen molar-refractivity contribution in [3.8, 4) is 45.8 Å². The van der Waals surface area contributed by atoms with Gasteiger partial charge in [0.05, 0.1) is 55.3 Å². The lowest BCUT2D eigenvalue weighted by atomic mass is 10.0. The van der Waals surface area contributed by atoms with E-state index in [4.69, 9.17) is 17.7 Å². The Morgan fingerprint density at radius 1 is 0.276 bits per heavy atom. The molecule has 0 aliphatic rings. The van der Waals surface area contributed by atoms with Gasteiger partial charge in [0.1, 0.15) is 56.8 Å². The van der Waals surface area contributed by atoms with Crippen LogP contribution in [-0.4, -0.2) is 9.13 Å². The minimum Gasteiger partial charge on any atom is -0.456 e. The van der Waals surface area contributed by atoms with Crippen LogP contribution in [0, 0.1) is 22.7 Å². The first-order chi connectivity index (χ1) is 37.6. The summed E-state index contributed by atoms with van der Waals surface area (Å²) in [5, 5.41) is 34.4. The highest BCUT2D eigenvalue weighted by Crippen LogP contribution is 2.46. The fourth-order valence-electron chi connectivity index (χ4n) is 12.4. The van der Waals surface area contributed by atoms with Gasteiger partial charge in [0.2, 0.25) is 0 Å². The van der Waals surface area contributed by atoms with Crippen LogP contribution in [0.5, 0.6) is 0 Å². The smallest absolute Gasteiger partial charge is 0.145 e. The molecule has 0 aliphatic heterocycles. The number of hydrogen-bond donors (Lipinski definition) is 0. The lowest BCUT2D eigenvalue weighted by molar-refractivity contribution is 0.668. The van der Waals surface area contributed by atoms with E-state index in [0.29, 0.717) is 22.5 Å². The zero-order chi connectivity index (χ0) is 49.9. The van der Waals surface area contributed by atoms with Gasteiger partial charge in [-0.05, 0) is 131 Å². The maximum Gasteiger partial charge on any atom is 0.145 e. The highest BCUT2D eigenvalue weighted by molar-refractivity contribution is 6.26. The molecule has 17 rings (SSSR count). The van der Waals surface area contributed by atoms with Crippen LogP contribution in [0.3, 0.4) is 0 Å². The number of aromatic nitrogens is 2. The standard InChI is InChI=1S/C68H34N4O4/c69-35-41-29-42(36-70)58(72-54-26-20-38(40-18-22-48-44-10-2-6-14-60(44)74-64(48)33-40)31-52(54)66-56(72)28-24-50-46-12-4-8-16-62(46)76-68(50)66)34-57(41)71-53-25-19-37(39-17-21-47-43-9-1-5-13-59(43)73-63(47)32-39)30-51(53)65-55(71)27-23-49-45-11-3-7-15-61(45)75-67(49)65/h1-34H. The molecule has 6 heterocycles. The second-order valence-corrected chi connectivity index (χ2v) is 19.7. The van der Waals surface area contributed by atoms with Crippen LogP contribution >= 0.6 is 0 Å². The summed E-state index contributed by atoms with van der Waals surface area (Å²) >= 11 is 0. The van der Waals surface area contributed by atoms with Crippen molar-refractivity contribution in [2.24, 2.45) is 0 Å².